The Balaban J connectivity index is 1.83. The quantitative estimate of drug-likeness (QED) is 0.604. The molecule has 0 saturated carbocycles. The number of rotatable bonds is 4. The maximum atomic E-state index is 13.6. The predicted octanol–water partition coefficient (Wildman–Crippen LogP) is 2.71. The minimum Gasteiger partial charge on any atom is -0.378 e. The van der Waals surface area contributed by atoms with Crippen LogP contribution < -0.4 is 20.9 Å². The number of hydrogen-bond acceptors (Lipinski definition) is 5. The average molecular weight is 489 g/mol. The van der Waals surface area contributed by atoms with Crippen molar-refractivity contribution in [2.24, 2.45) is 0 Å². The summed E-state index contributed by atoms with van der Waals surface area (Å²) in [6.45, 7) is 14.3. The number of nitrogens with one attached hydrogen (secondary N) is 3. The van der Waals surface area contributed by atoms with Crippen LogP contribution in [0.4, 0.5) is 21.0 Å². The van der Waals surface area contributed by atoms with E-state index >= 15 is 0 Å². The highest BCUT2D eigenvalue weighted by molar-refractivity contribution is 6.02. The van der Waals surface area contributed by atoms with Crippen molar-refractivity contribution in [1.82, 2.24) is 20.4 Å². The molecule has 0 unspecified atom stereocenters. The summed E-state index contributed by atoms with van der Waals surface area (Å²) in [5.41, 5.74) is 1.53. The van der Waals surface area contributed by atoms with Gasteiger partial charge in [-0.05, 0) is 59.2 Å². The van der Waals surface area contributed by atoms with Crippen molar-refractivity contribution >= 4 is 29.3 Å². The molecule has 10 heteroatoms. The first-order valence-corrected chi connectivity index (χ1v) is 12.4. The zero-order valence-corrected chi connectivity index (χ0v) is 21.6. The molecular weight excluding hydrogens is 448 g/mol. The van der Waals surface area contributed by atoms with Crippen LogP contribution in [0.3, 0.4) is 0 Å². The van der Waals surface area contributed by atoms with Crippen LogP contribution in [-0.2, 0) is 4.74 Å². The fourth-order valence-electron chi connectivity index (χ4n) is 4.20. The second-order valence-corrected chi connectivity index (χ2v) is 10.4. The molecule has 2 aliphatic rings. The lowest BCUT2D eigenvalue weighted by molar-refractivity contribution is 0.0303. The lowest BCUT2D eigenvalue weighted by atomic mass is 10.1. The minimum absolute atomic E-state index is 0.0594. The number of carbonyl (C=O) groups excluding carboxylic acids is 3. The summed E-state index contributed by atoms with van der Waals surface area (Å²) in [5, 5.41) is 8.69. The highest BCUT2D eigenvalue weighted by Crippen LogP contribution is 2.27. The number of hydrogen-bond donors (Lipinski definition) is 3. The van der Waals surface area contributed by atoms with Crippen LogP contribution in [0.5, 0.6) is 0 Å². The van der Waals surface area contributed by atoms with E-state index in [4.69, 9.17) is 4.74 Å². The standard InChI is InChI=1S/C25H40N6O4/c1-18(2)26-24(34)31-10-6-9-29(11-12-31)21-8-7-19(27-23(33)28-25(3,4)5)17-20(21)22(32)30-13-15-35-16-14-30/h7-8,17-18H,6,9-16H2,1-5H3,(H,26,34)(H2,27,28,33). The molecule has 1 aromatic carbocycles. The van der Waals surface area contributed by atoms with E-state index in [0.717, 1.165) is 18.7 Å². The van der Waals surface area contributed by atoms with Gasteiger partial charge in [0.1, 0.15) is 0 Å². The van der Waals surface area contributed by atoms with Crippen molar-refractivity contribution in [3.05, 3.63) is 23.8 Å². The number of anilines is 2. The van der Waals surface area contributed by atoms with Crippen LogP contribution in [-0.4, -0.2) is 91.8 Å². The topological polar surface area (TPSA) is 106 Å². The Morgan fingerprint density at radius 1 is 0.943 bits per heavy atom. The summed E-state index contributed by atoms with van der Waals surface area (Å²) < 4.78 is 5.42. The molecule has 0 aromatic heterocycles. The van der Waals surface area contributed by atoms with Crippen LogP contribution in [0.2, 0.25) is 0 Å². The molecule has 3 N–H and O–H groups in total. The SMILES string of the molecule is CC(C)NC(=O)N1CCCN(c2ccc(NC(=O)NC(C)(C)C)cc2C(=O)N2CCOCC2)CC1. The molecule has 0 atom stereocenters. The van der Waals surface area contributed by atoms with Crippen molar-refractivity contribution < 1.29 is 19.1 Å². The number of benzene rings is 1. The van der Waals surface area contributed by atoms with Gasteiger partial charge in [-0.1, -0.05) is 0 Å². The largest absolute Gasteiger partial charge is 0.378 e. The Labute approximate surface area is 208 Å². The first-order chi connectivity index (χ1) is 16.5. The molecule has 35 heavy (non-hydrogen) atoms. The zero-order valence-electron chi connectivity index (χ0n) is 21.6. The van der Waals surface area contributed by atoms with Crippen LogP contribution in [0.1, 0.15) is 51.4 Å². The number of ether oxygens (including phenoxy) is 1. The monoisotopic (exact) mass is 488 g/mol. The lowest BCUT2D eigenvalue weighted by Gasteiger charge is -2.31. The van der Waals surface area contributed by atoms with E-state index < -0.39 is 0 Å². The van der Waals surface area contributed by atoms with E-state index in [2.05, 4.69) is 20.9 Å². The van der Waals surface area contributed by atoms with Crippen LogP contribution in [0, 0.1) is 0 Å². The fraction of sp³-hybridized carbons (Fsp3) is 0.640. The summed E-state index contributed by atoms with van der Waals surface area (Å²) in [6, 6.07) is 5.16. The number of nitrogens with zero attached hydrogens (tertiary/aromatic N) is 3. The Kier molecular flexibility index (Phi) is 8.82. The van der Waals surface area contributed by atoms with Crippen molar-refractivity contribution in [3.8, 4) is 0 Å². The van der Waals surface area contributed by atoms with Crippen LogP contribution in [0.25, 0.3) is 0 Å². The predicted molar refractivity (Wildman–Crippen MR) is 137 cm³/mol. The third-order valence-corrected chi connectivity index (χ3v) is 5.81. The smallest absolute Gasteiger partial charge is 0.319 e. The van der Waals surface area contributed by atoms with Gasteiger partial charge in [-0.3, -0.25) is 4.79 Å². The summed E-state index contributed by atoms with van der Waals surface area (Å²) in [4.78, 5) is 44.3. The summed E-state index contributed by atoms with van der Waals surface area (Å²) >= 11 is 0. The molecule has 0 aliphatic carbocycles. The summed E-state index contributed by atoms with van der Waals surface area (Å²) in [7, 11) is 0. The van der Waals surface area contributed by atoms with Gasteiger partial charge in [-0.15, -0.1) is 0 Å². The maximum Gasteiger partial charge on any atom is 0.319 e. The normalized spacial score (nSPS) is 17.1. The van der Waals surface area contributed by atoms with Gasteiger partial charge in [0, 0.05) is 62.2 Å². The number of amides is 5. The van der Waals surface area contributed by atoms with Gasteiger partial charge in [-0.25, -0.2) is 9.59 Å². The highest BCUT2D eigenvalue weighted by Gasteiger charge is 2.26. The van der Waals surface area contributed by atoms with Gasteiger partial charge in [0.05, 0.1) is 18.8 Å². The lowest BCUT2D eigenvalue weighted by Crippen LogP contribution is -2.44. The van der Waals surface area contributed by atoms with Crippen molar-refractivity contribution in [2.75, 3.05) is 62.7 Å². The van der Waals surface area contributed by atoms with E-state index in [1.54, 1.807) is 11.0 Å². The first-order valence-electron chi connectivity index (χ1n) is 12.4. The molecule has 194 valence electrons. The van der Waals surface area contributed by atoms with Crippen LogP contribution >= 0.6 is 0 Å². The summed E-state index contributed by atoms with van der Waals surface area (Å²) in [5.74, 6) is -0.0816. The van der Waals surface area contributed by atoms with Crippen molar-refractivity contribution in [2.45, 2.75) is 52.6 Å². The molecule has 5 amide bonds. The van der Waals surface area contributed by atoms with Gasteiger partial charge >= 0.3 is 12.1 Å². The van der Waals surface area contributed by atoms with Crippen molar-refractivity contribution in [3.63, 3.8) is 0 Å². The molecular formula is C25H40N6O4. The van der Waals surface area contributed by atoms with E-state index in [1.165, 1.54) is 0 Å². The molecule has 3 rings (SSSR count). The average Bonchev–Trinajstić information content (AvgIpc) is 3.04. The molecule has 1 aromatic rings. The molecule has 2 fully saturated rings. The third kappa shape index (κ3) is 7.74. The molecule has 2 aliphatic heterocycles. The number of urea groups is 2. The third-order valence-electron chi connectivity index (χ3n) is 5.81. The number of morpholine rings is 1. The maximum absolute atomic E-state index is 13.6. The highest BCUT2D eigenvalue weighted by atomic mass is 16.5. The first kappa shape index (κ1) is 26.6. The number of carbonyl (C=O) groups is 3. The van der Waals surface area contributed by atoms with E-state index in [9.17, 15) is 14.4 Å². The Morgan fingerprint density at radius 3 is 2.31 bits per heavy atom. The van der Waals surface area contributed by atoms with Gasteiger partial charge < -0.3 is 35.4 Å². The second-order valence-electron chi connectivity index (χ2n) is 10.4. The van der Waals surface area contributed by atoms with Gasteiger partial charge in [-0.2, -0.15) is 0 Å². The van der Waals surface area contributed by atoms with Gasteiger partial charge in [0.15, 0.2) is 0 Å². The second kappa shape index (κ2) is 11.6. The van der Waals surface area contributed by atoms with Gasteiger partial charge in [0.25, 0.3) is 5.91 Å². The Morgan fingerprint density at radius 2 is 1.66 bits per heavy atom. The molecule has 2 saturated heterocycles. The molecule has 0 radical (unpaired) electrons. The van der Waals surface area contributed by atoms with E-state index in [-0.39, 0.29) is 29.6 Å². The molecule has 2 heterocycles. The zero-order chi connectivity index (χ0) is 25.6. The van der Waals surface area contributed by atoms with E-state index in [1.807, 2.05) is 51.7 Å². The molecule has 0 spiro atoms. The minimum atomic E-state index is -0.379. The Bertz CT molecular complexity index is 908. The summed E-state index contributed by atoms with van der Waals surface area (Å²) in [6.07, 6.45) is 0.796. The molecule has 10 nitrogen and oxygen atoms in total. The van der Waals surface area contributed by atoms with Crippen molar-refractivity contribution in [1.29, 1.82) is 0 Å². The van der Waals surface area contributed by atoms with Crippen LogP contribution in [0.15, 0.2) is 18.2 Å². The van der Waals surface area contributed by atoms with Gasteiger partial charge in [0.2, 0.25) is 0 Å². The molecule has 0 bridgehead atoms. The Hall–Kier alpha value is -3.01. The van der Waals surface area contributed by atoms with E-state index in [0.29, 0.717) is 57.2 Å². The fourth-order valence-corrected chi connectivity index (χ4v) is 4.20.